The van der Waals surface area contributed by atoms with Crippen LogP contribution >= 0.6 is 11.8 Å². The first-order valence-electron chi connectivity index (χ1n) is 13.9. The number of carbonyl (C=O) groups excluding carboxylic acids is 1. The first-order valence-corrected chi connectivity index (χ1v) is 14.9. The van der Waals surface area contributed by atoms with Gasteiger partial charge in [0, 0.05) is 5.75 Å². The third kappa shape index (κ3) is 6.36. The summed E-state index contributed by atoms with van der Waals surface area (Å²) in [5, 5.41) is 0.444. The molecule has 0 N–H and O–H groups in total. The number of unbranched alkanes of at least 4 members (excludes halogenated alkanes) is 1. The highest BCUT2D eigenvalue weighted by Crippen LogP contribution is 2.38. The minimum atomic E-state index is -0.383. The van der Waals surface area contributed by atoms with Crippen LogP contribution in [0.2, 0.25) is 0 Å². The largest absolute Gasteiger partial charge is 0.458 e. The number of hydrogen-bond acceptors (Lipinski definition) is 6. The standard InChI is InChI=1S/C30H41N3O3S/c1-6-8-12-22(7-2)18-37-29-31-27-25(28(34)36-26-20(4)15-19(3)16-21(26)5)24(17-33(27)30(35)32-29)23-13-10-9-11-14-23/h9-11,13-14,19-22,26H,6-8,12,15-18H2,1-5H3. The molecule has 1 aromatic carbocycles. The van der Waals surface area contributed by atoms with Gasteiger partial charge in [0.15, 0.2) is 11.0 Å². The van der Waals surface area contributed by atoms with E-state index in [0.717, 1.165) is 42.6 Å². The van der Waals surface area contributed by atoms with E-state index >= 15 is 0 Å². The first kappa shape index (κ1) is 27.6. The maximum absolute atomic E-state index is 13.8. The van der Waals surface area contributed by atoms with Crippen LogP contribution in [0.3, 0.4) is 0 Å². The molecule has 2 heterocycles. The number of esters is 1. The number of benzene rings is 1. The monoisotopic (exact) mass is 523 g/mol. The normalized spacial score (nSPS) is 24.1. The summed E-state index contributed by atoms with van der Waals surface area (Å²) in [7, 11) is 0. The van der Waals surface area contributed by atoms with E-state index in [1.54, 1.807) is 0 Å². The Morgan fingerprint density at radius 1 is 1.11 bits per heavy atom. The summed E-state index contributed by atoms with van der Waals surface area (Å²) in [6.07, 6.45) is 6.56. The van der Waals surface area contributed by atoms with Crippen LogP contribution in [0.1, 0.15) is 84.5 Å². The van der Waals surface area contributed by atoms with Gasteiger partial charge in [0.2, 0.25) is 0 Å². The molecule has 3 atom stereocenters. The van der Waals surface area contributed by atoms with Crippen molar-refractivity contribution >= 4 is 28.9 Å². The van der Waals surface area contributed by atoms with Crippen molar-refractivity contribution in [3.05, 3.63) is 52.2 Å². The van der Waals surface area contributed by atoms with E-state index in [0.29, 0.717) is 28.4 Å². The fourth-order valence-electron chi connectivity index (χ4n) is 5.97. The second-order valence-corrected chi connectivity index (χ2v) is 12.0. The zero-order valence-electron chi connectivity index (χ0n) is 22.9. The lowest BCUT2D eigenvalue weighted by atomic mass is 9.75. The van der Waals surface area contributed by atoms with Crippen molar-refractivity contribution in [1.29, 1.82) is 0 Å². The Labute approximate surface area is 225 Å². The van der Waals surface area contributed by atoms with Crippen molar-refractivity contribution in [2.45, 2.75) is 90.9 Å². The molecular weight excluding hydrogens is 482 g/mol. The van der Waals surface area contributed by atoms with Gasteiger partial charge in [0.25, 0.3) is 0 Å². The molecule has 7 heteroatoms. The summed E-state index contributed by atoms with van der Waals surface area (Å²) < 4.78 is 7.74. The van der Waals surface area contributed by atoms with Crippen LogP contribution in [0.4, 0.5) is 0 Å². The molecule has 1 aromatic heterocycles. The van der Waals surface area contributed by atoms with Gasteiger partial charge in [-0.25, -0.2) is 14.6 Å². The second-order valence-electron chi connectivity index (χ2n) is 11.0. The van der Waals surface area contributed by atoms with Crippen molar-refractivity contribution in [3.8, 4) is 0 Å². The number of allylic oxidation sites excluding steroid dienone is 1. The summed E-state index contributed by atoms with van der Waals surface area (Å²) in [6.45, 7) is 11.3. The van der Waals surface area contributed by atoms with Gasteiger partial charge in [-0.05, 0) is 54.1 Å². The third-order valence-electron chi connectivity index (χ3n) is 7.95. The number of ether oxygens (including phenoxy) is 1. The van der Waals surface area contributed by atoms with Crippen molar-refractivity contribution in [2.75, 3.05) is 5.75 Å². The molecule has 2 aromatic rings. The molecule has 1 fully saturated rings. The third-order valence-corrected chi connectivity index (χ3v) is 9.03. The molecule has 0 amide bonds. The number of carbonyl (C=O) groups is 1. The van der Waals surface area contributed by atoms with Gasteiger partial charge in [0.1, 0.15) is 11.7 Å². The van der Waals surface area contributed by atoms with Gasteiger partial charge in [-0.15, -0.1) is 0 Å². The van der Waals surface area contributed by atoms with Crippen LogP contribution in [-0.2, 0) is 16.1 Å². The van der Waals surface area contributed by atoms with E-state index in [1.807, 2.05) is 30.3 Å². The zero-order chi connectivity index (χ0) is 26.5. The van der Waals surface area contributed by atoms with Crippen molar-refractivity contribution < 1.29 is 9.53 Å². The first-order chi connectivity index (χ1) is 17.8. The summed E-state index contributed by atoms with van der Waals surface area (Å²) in [6, 6.07) is 9.77. The van der Waals surface area contributed by atoms with Crippen molar-refractivity contribution in [1.82, 2.24) is 14.5 Å². The van der Waals surface area contributed by atoms with Crippen molar-refractivity contribution in [2.24, 2.45) is 23.7 Å². The molecule has 0 spiro atoms. The zero-order valence-corrected chi connectivity index (χ0v) is 23.7. The molecule has 37 heavy (non-hydrogen) atoms. The predicted octanol–water partition coefficient (Wildman–Crippen LogP) is 6.49. The van der Waals surface area contributed by atoms with Crippen LogP contribution in [0.15, 0.2) is 40.3 Å². The smallest absolute Gasteiger partial charge is 0.352 e. The molecule has 6 nitrogen and oxygen atoms in total. The van der Waals surface area contributed by atoms with Crippen LogP contribution in [0.25, 0.3) is 11.1 Å². The lowest BCUT2D eigenvalue weighted by Gasteiger charge is -2.37. The average molecular weight is 524 g/mol. The van der Waals surface area contributed by atoms with Crippen LogP contribution in [0, 0.1) is 23.7 Å². The van der Waals surface area contributed by atoms with E-state index in [1.165, 1.54) is 29.2 Å². The lowest BCUT2D eigenvalue weighted by Crippen LogP contribution is -2.37. The highest BCUT2D eigenvalue weighted by atomic mass is 32.2. The van der Waals surface area contributed by atoms with E-state index < -0.39 is 0 Å². The Balaban J connectivity index is 1.67. The van der Waals surface area contributed by atoms with Crippen LogP contribution in [0.5, 0.6) is 0 Å². The molecule has 1 aliphatic heterocycles. The molecule has 0 saturated heterocycles. The summed E-state index contributed by atoms with van der Waals surface area (Å²) >= 11 is 1.52. The number of hydrogen-bond donors (Lipinski definition) is 0. The van der Waals surface area contributed by atoms with E-state index in [4.69, 9.17) is 9.72 Å². The van der Waals surface area contributed by atoms with Gasteiger partial charge < -0.3 is 4.74 Å². The fourth-order valence-corrected chi connectivity index (χ4v) is 7.05. The Bertz CT molecular complexity index is 1160. The van der Waals surface area contributed by atoms with Crippen LogP contribution < -0.4 is 5.69 Å². The Morgan fingerprint density at radius 2 is 1.81 bits per heavy atom. The minimum absolute atomic E-state index is 0.145. The minimum Gasteiger partial charge on any atom is -0.458 e. The molecule has 3 unspecified atom stereocenters. The molecule has 1 saturated carbocycles. The predicted molar refractivity (Wildman–Crippen MR) is 150 cm³/mol. The van der Waals surface area contributed by atoms with Gasteiger partial charge >= 0.3 is 11.7 Å². The SMILES string of the molecule is CCCCC(CC)CSc1nc2n(c(=O)n1)CC(c1ccccc1)=C2C(=O)OC1C(C)CC(C)CC1C. The average Bonchev–Trinajstić information content (AvgIpc) is 3.27. The van der Waals surface area contributed by atoms with Gasteiger partial charge in [0.05, 0.1) is 6.54 Å². The Kier molecular flexibility index (Phi) is 9.27. The Morgan fingerprint density at radius 3 is 2.46 bits per heavy atom. The Hall–Kier alpha value is -2.41. The maximum atomic E-state index is 13.8. The molecule has 2 aliphatic rings. The topological polar surface area (TPSA) is 74.1 Å². The van der Waals surface area contributed by atoms with E-state index in [2.05, 4.69) is 39.6 Å². The van der Waals surface area contributed by atoms with Gasteiger partial charge in [-0.2, -0.15) is 4.98 Å². The molecule has 0 bridgehead atoms. The van der Waals surface area contributed by atoms with Gasteiger partial charge in [-0.3, -0.25) is 4.57 Å². The number of aromatic nitrogens is 3. The fraction of sp³-hybridized carbons (Fsp3) is 0.600. The molecular formula is C30H41N3O3S. The quantitative estimate of drug-likeness (QED) is 0.262. The number of rotatable bonds is 10. The number of fused-ring (bicyclic) bond motifs is 1. The van der Waals surface area contributed by atoms with Gasteiger partial charge in [-0.1, -0.05) is 96.0 Å². The highest BCUT2D eigenvalue weighted by molar-refractivity contribution is 7.99. The highest BCUT2D eigenvalue weighted by Gasteiger charge is 2.38. The summed E-state index contributed by atoms with van der Waals surface area (Å²) in [5.74, 6) is 2.63. The summed E-state index contributed by atoms with van der Waals surface area (Å²) in [5.41, 5.74) is 1.72. The summed E-state index contributed by atoms with van der Waals surface area (Å²) in [4.78, 5) is 36.0. The second kappa shape index (κ2) is 12.4. The maximum Gasteiger partial charge on any atom is 0.352 e. The number of nitrogens with zero attached hydrogens (tertiary/aromatic N) is 3. The van der Waals surface area contributed by atoms with E-state index in [9.17, 15) is 9.59 Å². The van der Waals surface area contributed by atoms with Crippen molar-refractivity contribution in [3.63, 3.8) is 0 Å². The molecule has 200 valence electrons. The molecule has 1 aliphatic carbocycles. The number of thioether (sulfide) groups is 1. The molecule has 4 rings (SSSR count). The molecule has 0 radical (unpaired) electrons. The lowest BCUT2D eigenvalue weighted by molar-refractivity contribution is -0.150. The van der Waals surface area contributed by atoms with E-state index in [-0.39, 0.29) is 36.1 Å². The van der Waals surface area contributed by atoms with Crippen LogP contribution in [-0.4, -0.2) is 32.4 Å².